The van der Waals surface area contributed by atoms with Crippen molar-refractivity contribution in [3.05, 3.63) is 53.2 Å². The van der Waals surface area contributed by atoms with E-state index in [4.69, 9.17) is 0 Å². The van der Waals surface area contributed by atoms with Crippen LogP contribution in [0.25, 0.3) is 0 Å². The Morgan fingerprint density at radius 3 is 2.65 bits per heavy atom. The first-order valence-corrected chi connectivity index (χ1v) is 10.9. The number of likely N-dealkylation sites (N-methyl/N-ethyl adjacent to an activating group) is 1. The van der Waals surface area contributed by atoms with Crippen LogP contribution in [0.3, 0.4) is 0 Å². The summed E-state index contributed by atoms with van der Waals surface area (Å²) in [6, 6.07) is 2.14. The number of aromatic nitrogens is 5. The number of halogens is 3. The smallest absolute Gasteiger partial charge is 0.350 e. The first-order chi connectivity index (χ1) is 16.2. The highest BCUT2D eigenvalue weighted by atomic mass is 19.4. The molecule has 2 aliphatic rings. The van der Waals surface area contributed by atoms with Crippen molar-refractivity contribution in [2.45, 2.75) is 45.1 Å². The van der Waals surface area contributed by atoms with Crippen LogP contribution in [-0.4, -0.2) is 43.7 Å². The number of amides is 1. The van der Waals surface area contributed by atoms with E-state index in [9.17, 15) is 18.0 Å². The van der Waals surface area contributed by atoms with Gasteiger partial charge in [0.15, 0.2) is 5.82 Å². The van der Waals surface area contributed by atoms with Gasteiger partial charge in [-0.3, -0.25) is 14.5 Å². The summed E-state index contributed by atoms with van der Waals surface area (Å²) in [4.78, 5) is 27.0. The summed E-state index contributed by atoms with van der Waals surface area (Å²) in [6.07, 6.45) is 2.30. The molecule has 0 bridgehead atoms. The number of carbonyl (C=O) groups is 1. The highest BCUT2D eigenvalue weighted by Crippen LogP contribution is 2.41. The number of hydrogen-bond donors (Lipinski definition) is 2. The molecule has 12 heteroatoms. The van der Waals surface area contributed by atoms with Crippen LogP contribution in [0.5, 0.6) is 0 Å². The van der Waals surface area contributed by atoms with Gasteiger partial charge >= 0.3 is 6.18 Å². The molecule has 0 aromatic carbocycles. The molecule has 0 spiro atoms. The summed E-state index contributed by atoms with van der Waals surface area (Å²) in [7, 11) is 1.89. The van der Waals surface area contributed by atoms with Gasteiger partial charge in [0.1, 0.15) is 17.4 Å². The molecule has 3 aromatic heterocycles. The second kappa shape index (κ2) is 8.26. The van der Waals surface area contributed by atoms with Crippen molar-refractivity contribution in [1.82, 2.24) is 24.7 Å². The molecule has 34 heavy (non-hydrogen) atoms. The number of rotatable bonds is 6. The molecule has 4 heterocycles. The lowest BCUT2D eigenvalue weighted by Gasteiger charge is -2.35. The Bertz CT molecular complexity index is 1220. The minimum atomic E-state index is -4.46. The minimum Gasteiger partial charge on any atom is -0.350 e. The number of anilines is 3. The molecule has 1 amide bonds. The quantitative estimate of drug-likeness (QED) is 0.568. The lowest BCUT2D eigenvalue weighted by Crippen LogP contribution is -2.48. The molecule has 1 fully saturated rings. The molecule has 1 aliphatic heterocycles. The minimum absolute atomic E-state index is 0.0134. The third-order valence-electron chi connectivity index (χ3n) is 6.00. The van der Waals surface area contributed by atoms with Crippen molar-refractivity contribution in [2.24, 2.45) is 5.92 Å². The van der Waals surface area contributed by atoms with Crippen molar-refractivity contribution >= 4 is 23.4 Å². The largest absolute Gasteiger partial charge is 0.433 e. The Labute approximate surface area is 193 Å². The fourth-order valence-corrected chi connectivity index (χ4v) is 4.12. The van der Waals surface area contributed by atoms with Crippen molar-refractivity contribution in [1.29, 1.82) is 0 Å². The maximum atomic E-state index is 12.7. The molecule has 178 valence electrons. The van der Waals surface area contributed by atoms with Crippen molar-refractivity contribution in [3.8, 4) is 0 Å². The normalized spacial score (nSPS) is 18.0. The predicted octanol–water partition coefficient (Wildman–Crippen LogP) is 3.22. The van der Waals surface area contributed by atoms with E-state index in [0.717, 1.165) is 24.5 Å². The third-order valence-corrected chi connectivity index (χ3v) is 6.00. The van der Waals surface area contributed by atoms with Gasteiger partial charge in [-0.25, -0.2) is 4.98 Å². The van der Waals surface area contributed by atoms with E-state index in [-0.39, 0.29) is 11.9 Å². The number of aryl methyl sites for hydroxylation is 1. The van der Waals surface area contributed by atoms with E-state index in [1.54, 1.807) is 17.1 Å². The zero-order chi connectivity index (χ0) is 24.0. The molecule has 9 nitrogen and oxygen atoms in total. The summed E-state index contributed by atoms with van der Waals surface area (Å²) >= 11 is 0. The van der Waals surface area contributed by atoms with Gasteiger partial charge < -0.3 is 15.5 Å². The second-order valence-corrected chi connectivity index (χ2v) is 8.66. The summed E-state index contributed by atoms with van der Waals surface area (Å²) < 4.78 is 39.6. The molecule has 0 radical (unpaired) electrons. The van der Waals surface area contributed by atoms with Gasteiger partial charge in [0.25, 0.3) is 0 Å². The molecule has 1 aliphatic carbocycles. The zero-order valence-electron chi connectivity index (χ0n) is 18.6. The van der Waals surface area contributed by atoms with Gasteiger partial charge in [-0.1, -0.05) is 6.07 Å². The highest BCUT2D eigenvalue weighted by molar-refractivity contribution is 6.03. The lowest BCUT2D eigenvalue weighted by molar-refractivity contribution is -0.141. The van der Waals surface area contributed by atoms with Crippen LogP contribution in [0.2, 0.25) is 0 Å². The topological polar surface area (TPSA) is 101 Å². The zero-order valence-corrected chi connectivity index (χ0v) is 18.6. The van der Waals surface area contributed by atoms with Gasteiger partial charge in [0.05, 0.1) is 18.4 Å². The molecular weight excluding hydrogens is 449 g/mol. The first-order valence-electron chi connectivity index (χ1n) is 10.9. The van der Waals surface area contributed by atoms with Gasteiger partial charge in [0.2, 0.25) is 11.9 Å². The average Bonchev–Trinajstić information content (AvgIpc) is 3.51. The molecular formula is C22H23F3N8O. The molecule has 1 unspecified atom stereocenters. The molecule has 2 N–H and O–H groups in total. The van der Waals surface area contributed by atoms with Gasteiger partial charge in [-0.05, 0) is 37.3 Å². The standard InChI is InChI=1S/C22H23F3N8O/c1-12-17-19(32(2)18(15-4-5-15)20(34)30-17)31-21(29-12)27-8-14-9-28-33(11-14)10-13-3-6-16(26-7-13)22(23,24)25/h3,6-7,9,11,15,18H,4-5,8,10H2,1-2H3,(H,30,34)(H,27,29,31). The van der Waals surface area contributed by atoms with Crippen LogP contribution in [0.1, 0.15) is 35.4 Å². The summed E-state index contributed by atoms with van der Waals surface area (Å²) in [5.74, 6) is 1.47. The number of hydrogen-bond acceptors (Lipinski definition) is 7. The Morgan fingerprint density at radius 1 is 1.18 bits per heavy atom. The van der Waals surface area contributed by atoms with E-state index >= 15 is 0 Å². The number of fused-ring (bicyclic) bond motifs is 1. The van der Waals surface area contributed by atoms with E-state index in [0.29, 0.717) is 47.7 Å². The molecule has 3 aromatic rings. The fraction of sp³-hybridized carbons (Fsp3) is 0.409. The van der Waals surface area contributed by atoms with E-state index in [1.807, 2.05) is 18.9 Å². The predicted molar refractivity (Wildman–Crippen MR) is 118 cm³/mol. The molecule has 1 atom stereocenters. The molecule has 5 rings (SSSR count). The van der Waals surface area contributed by atoms with Crippen LogP contribution in [0.4, 0.5) is 30.6 Å². The number of carbonyl (C=O) groups excluding carboxylic acids is 1. The van der Waals surface area contributed by atoms with E-state index in [2.05, 4.69) is 30.7 Å². The van der Waals surface area contributed by atoms with Crippen LogP contribution >= 0.6 is 0 Å². The van der Waals surface area contributed by atoms with Gasteiger partial charge in [-0.15, -0.1) is 0 Å². The van der Waals surface area contributed by atoms with Crippen molar-refractivity contribution in [3.63, 3.8) is 0 Å². The second-order valence-electron chi connectivity index (χ2n) is 8.66. The Balaban J connectivity index is 1.25. The maximum absolute atomic E-state index is 12.7. The number of alkyl halides is 3. The van der Waals surface area contributed by atoms with Crippen LogP contribution < -0.4 is 15.5 Å². The van der Waals surface area contributed by atoms with Crippen molar-refractivity contribution < 1.29 is 18.0 Å². The highest BCUT2D eigenvalue weighted by Gasteiger charge is 2.43. The Hall–Kier alpha value is -3.70. The van der Waals surface area contributed by atoms with Gasteiger partial charge in [0, 0.05) is 31.5 Å². The van der Waals surface area contributed by atoms with Crippen LogP contribution in [-0.2, 0) is 24.1 Å². The Morgan fingerprint density at radius 2 is 1.97 bits per heavy atom. The lowest BCUT2D eigenvalue weighted by atomic mass is 10.1. The average molecular weight is 472 g/mol. The van der Waals surface area contributed by atoms with Crippen LogP contribution in [0, 0.1) is 12.8 Å². The van der Waals surface area contributed by atoms with Gasteiger partial charge in [-0.2, -0.15) is 23.3 Å². The Kier molecular flexibility index (Phi) is 5.37. The third kappa shape index (κ3) is 4.39. The summed E-state index contributed by atoms with van der Waals surface area (Å²) in [5.41, 5.74) is 1.85. The van der Waals surface area contributed by atoms with E-state index < -0.39 is 11.9 Å². The summed E-state index contributed by atoms with van der Waals surface area (Å²) in [5, 5.41) is 10.4. The number of nitrogens with one attached hydrogen (secondary N) is 2. The number of nitrogens with zero attached hydrogens (tertiary/aromatic N) is 6. The van der Waals surface area contributed by atoms with Crippen molar-refractivity contribution in [2.75, 3.05) is 22.6 Å². The molecule has 0 saturated heterocycles. The molecule has 1 saturated carbocycles. The fourth-order valence-electron chi connectivity index (χ4n) is 4.12. The number of pyridine rings is 1. The maximum Gasteiger partial charge on any atom is 0.433 e. The summed E-state index contributed by atoms with van der Waals surface area (Å²) in [6.45, 7) is 2.53. The van der Waals surface area contributed by atoms with E-state index in [1.165, 1.54) is 12.3 Å². The SMILES string of the molecule is Cc1nc(NCc2cnn(Cc3ccc(C(F)(F)F)nc3)c2)nc2c1NC(=O)C(C1CC1)N2C. The van der Waals surface area contributed by atoms with Crippen LogP contribution in [0.15, 0.2) is 30.7 Å². The first kappa shape index (κ1) is 22.1. The monoisotopic (exact) mass is 472 g/mol.